The highest BCUT2D eigenvalue weighted by Crippen LogP contribution is 2.19. The summed E-state index contributed by atoms with van der Waals surface area (Å²) in [6, 6.07) is 3.88. The molecule has 0 unspecified atom stereocenters. The first kappa shape index (κ1) is 15.2. The van der Waals surface area contributed by atoms with Crippen molar-refractivity contribution in [3.8, 4) is 11.4 Å². The van der Waals surface area contributed by atoms with Crippen molar-refractivity contribution < 1.29 is 9.32 Å². The van der Waals surface area contributed by atoms with Crippen molar-refractivity contribution in [3.05, 3.63) is 36.4 Å². The first-order valence-corrected chi connectivity index (χ1v) is 7.60. The van der Waals surface area contributed by atoms with E-state index in [4.69, 9.17) is 4.52 Å². The summed E-state index contributed by atoms with van der Waals surface area (Å²) < 4.78 is 4.98. The summed E-state index contributed by atoms with van der Waals surface area (Å²) in [4.78, 5) is 24.5. The van der Waals surface area contributed by atoms with Gasteiger partial charge in [0.05, 0.1) is 0 Å². The third kappa shape index (κ3) is 3.39. The number of hydrogen-bond acceptors (Lipinski definition) is 6. The Morgan fingerprint density at radius 2 is 2.04 bits per heavy atom. The smallest absolute Gasteiger partial charge is 0.246 e. The van der Waals surface area contributed by atoms with Crippen molar-refractivity contribution in [2.24, 2.45) is 0 Å². The normalized spacial score (nSPS) is 15.4. The number of pyridine rings is 1. The molecule has 3 heterocycles. The second kappa shape index (κ2) is 6.60. The number of amides is 1. The molecule has 0 N–H and O–H groups in total. The molecular formula is C16H19N5O2. The van der Waals surface area contributed by atoms with Gasteiger partial charge in [-0.15, -0.1) is 0 Å². The van der Waals surface area contributed by atoms with Crippen molar-refractivity contribution in [2.45, 2.75) is 13.8 Å². The minimum Gasteiger partial charge on any atom is -0.353 e. The molecule has 0 atom stereocenters. The van der Waals surface area contributed by atoms with Gasteiger partial charge in [0, 0.05) is 44.9 Å². The number of carbonyl (C=O) groups excluding carboxylic acids is 1. The zero-order chi connectivity index (χ0) is 16.2. The maximum atomic E-state index is 11.8. The van der Waals surface area contributed by atoms with E-state index in [1.54, 1.807) is 25.3 Å². The van der Waals surface area contributed by atoms with Crippen LogP contribution in [0.25, 0.3) is 11.4 Å². The molecule has 1 fully saturated rings. The molecule has 0 saturated carbocycles. The van der Waals surface area contributed by atoms with Gasteiger partial charge in [-0.2, -0.15) is 4.98 Å². The summed E-state index contributed by atoms with van der Waals surface area (Å²) in [5, 5.41) is 3.88. The minimum atomic E-state index is 0.0722. The highest BCUT2D eigenvalue weighted by atomic mass is 16.5. The van der Waals surface area contributed by atoms with Gasteiger partial charge in [-0.05, 0) is 25.1 Å². The number of rotatable bonds is 3. The second-order valence-electron chi connectivity index (χ2n) is 5.35. The lowest BCUT2D eigenvalue weighted by atomic mass is 10.2. The summed E-state index contributed by atoms with van der Waals surface area (Å²) in [5.74, 6) is 2.05. The monoisotopic (exact) mass is 313 g/mol. The topological polar surface area (TPSA) is 75.4 Å². The Morgan fingerprint density at radius 3 is 2.61 bits per heavy atom. The largest absolute Gasteiger partial charge is 0.353 e. The number of aromatic nitrogens is 3. The molecule has 1 aliphatic rings. The molecule has 23 heavy (non-hydrogen) atoms. The van der Waals surface area contributed by atoms with E-state index in [1.807, 2.05) is 24.0 Å². The zero-order valence-electron chi connectivity index (χ0n) is 13.3. The van der Waals surface area contributed by atoms with Crippen LogP contribution in [0.3, 0.4) is 0 Å². The Labute approximate surface area is 134 Å². The van der Waals surface area contributed by atoms with E-state index < -0.39 is 0 Å². The van der Waals surface area contributed by atoms with E-state index in [0.717, 1.165) is 24.5 Å². The lowest BCUT2D eigenvalue weighted by Crippen LogP contribution is -2.48. The molecule has 3 rings (SSSR count). The number of allylic oxidation sites excluding steroid dienone is 1. The summed E-state index contributed by atoms with van der Waals surface area (Å²) in [6.07, 6.45) is 5.13. The number of nitrogens with zero attached hydrogens (tertiary/aromatic N) is 5. The van der Waals surface area contributed by atoms with Gasteiger partial charge in [-0.25, -0.2) is 4.98 Å². The van der Waals surface area contributed by atoms with Gasteiger partial charge in [0.15, 0.2) is 0 Å². The maximum absolute atomic E-state index is 11.8. The lowest BCUT2D eigenvalue weighted by Gasteiger charge is -2.35. The van der Waals surface area contributed by atoms with Crippen LogP contribution in [0.2, 0.25) is 0 Å². The fourth-order valence-corrected chi connectivity index (χ4v) is 2.53. The molecular weight excluding hydrogens is 294 g/mol. The van der Waals surface area contributed by atoms with E-state index >= 15 is 0 Å². The molecule has 0 spiro atoms. The first-order valence-electron chi connectivity index (χ1n) is 7.60. The highest BCUT2D eigenvalue weighted by Gasteiger charge is 2.20. The predicted molar refractivity (Wildman–Crippen MR) is 85.9 cm³/mol. The molecule has 0 aliphatic carbocycles. The van der Waals surface area contributed by atoms with Crippen LogP contribution >= 0.6 is 0 Å². The van der Waals surface area contributed by atoms with Gasteiger partial charge in [0.2, 0.25) is 17.6 Å². The van der Waals surface area contributed by atoms with Crippen molar-refractivity contribution in [3.63, 3.8) is 0 Å². The van der Waals surface area contributed by atoms with E-state index in [9.17, 15) is 4.79 Å². The number of piperazine rings is 1. The zero-order valence-corrected chi connectivity index (χ0v) is 13.3. The molecule has 0 radical (unpaired) electrons. The van der Waals surface area contributed by atoms with Crippen molar-refractivity contribution in [2.75, 3.05) is 31.1 Å². The van der Waals surface area contributed by atoms with Crippen LogP contribution in [0.15, 0.2) is 35.0 Å². The van der Waals surface area contributed by atoms with Crippen LogP contribution in [-0.2, 0) is 4.79 Å². The van der Waals surface area contributed by atoms with Gasteiger partial charge >= 0.3 is 0 Å². The number of carbonyl (C=O) groups is 1. The summed E-state index contributed by atoms with van der Waals surface area (Å²) in [6.45, 7) is 6.57. The highest BCUT2D eigenvalue weighted by molar-refractivity contribution is 5.87. The molecule has 7 heteroatoms. The van der Waals surface area contributed by atoms with Crippen LogP contribution in [0.1, 0.15) is 12.8 Å². The minimum absolute atomic E-state index is 0.0722. The molecule has 2 aromatic heterocycles. The number of hydrogen-bond donors (Lipinski definition) is 0. The summed E-state index contributed by atoms with van der Waals surface area (Å²) in [7, 11) is 0. The third-order valence-electron chi connectivity index (χ3n) is 3.76. The second-order valence-corrected chi connectivity index (χ2v) is 5.35. The van der Waals surface area contributed by atoms with E-state index in [1.165, 1.54) is 0 Å². The molecule has 0 bridgehead atoms. The van der Waals surface area contributed by atoms with Crippen LogP contribution in [-0.4, -0.2) is 52.1 Å². The standard InChI is InChI=1S/C16H19N5O2/c1-3-4-15(22)21-9-7-20(8-10-21)14-6-5-13(11-17-14)16-18-12(2)23-19-16/h3-6,11H,7-10H2,1-2H3/b4-3-. The van der Waals surface area contributed by atoms with E-state index in [-0.39, 0.29) is 5.91 Å². The Kier molecular flexibility index (Phi) is 4.36. The quantitative estimate of drug-likeness (QED) is 0.802. The average Bonchev–Trinajstić information content (AvgIpc) is 3.02. The fourth-order valence-electron chi connectivity index (χ4n) is 2.53. The van der Waals surface area contributed by atoms with Crippen LogP contribution in [0.4, 0.5) is 5.82 Å². The Morgan fingerprint density at radius 1 is 1.26 bits per heavy atom. The van der Waals surface area contributed by atoms with Crippen LogP contribution in [0, 0.1) is 6.92 Å². The number of aryl methyl sites for hydroxylation is 1. The molecule has 7 nitrogen and oxygen atoms in total. The van der Waals surface area contributed by atoms with Gasteiger partial charge in [0.25, 0.3) is 0 Å². The van der Waals surface area contributed by atoms with Crippen molar-refractivity contribution in [1.29, 1.82) is 0 Å². The van der Waals surface area contributed by atoms with Crippen molar-refractivity contribution >= 4 is 11.7 Å². The van der Waals surface area contributed by atoms with E-state index in [2.05, 4.69) is 20.0 Å². The molecule has 1 saturated heterocycles. The van der Waals surface area contributed by atoms with Crippen molar-refractivity contribution in [1.82, 2.24) is 20.0 Å². The Balaban J connectivity index is 1.64. The fraction of sp³-hybridized carbons (Fsp3) is 0.375. The maximum Gasteiger partial charge on any atom is 0.246 e. The van der Waals surface area contributed by atoms with Gasteiger partial charge in [-0.3, -0.25) is 4.79 Å². The third-order valence-corrected chi connectivity index (χ3v) is 3.76. The van der Waals surface area contributed by atoms with Crippen LogP contribution < -0.4 is 4.90 Å². The Bertz CT molecular complexity index is 700. The summed E-state index contributed by atoms with van der Waals surface area (Å²) in [5.41, 5.74) is 0.826. The first-order chi connectivity index (χ1) is 11.2. The van der Waals surface area contributed by atoms with Crippen LogP contribution in [0.5, 0.6) is 0 Å². The molecule has 1 aliphatic heterocycles. The van der Waals surface area contributed by atoms with Gasteiger partial charge in [-0.1, -0.05) is 11.2 Å². The number of anilines is 1. The molecule has 2 aromatic rings. The summed E-state index contributed by atoms with van der Waals surface area (Å²) >= 11 is 0. The average molecular weight is 313 g/mol. The predicted octanol–water partition coefficient (Wildman–Crippen LogP) is 1.66. The van der Waals surface area contributed by atoms with Gasteiger partial charge < -0.3 is 14.3 Å². The molecule has 1 amide bonds. The molecule has 120 valence electrons. The SMILES string of the molecule is C/C=C\C(=O)N1CCN(c2ccc(-c3noc(C)n3)cn2)CC1. The van der Waals surface area contributed by atoms with Gasteiger partial charge in [0.1, 0.15) is 5.82 Å². The lowest BCUT2D eigenvalue weighted by molar-refractivity contribution is -0.126. The Hall–Kier alpha value is -2.70. The van der Waals surface area contributed by atoms with E-state index in [0.29, 0.717) is 24.8 Å². The molecule has 0 aromatic carbocycles.